The number of aromatic nitrogens is 3. The van der Waals surface area contributed by atoms with Crippen LogP contribution in [0.4, 0.5) is 10.5 Å². The van der Waals surface area contributed by atoms with E-state index < -0.39 is 0 Å². The van der Waals surface area contributed by atoms with Crippen LogP contribution in [-0.2, 0) is 35.5 Å². The van der Waals surface area contributed by atoms with Crippen LogP contribution < -0.4 is 15.8 Å². The first-order chi connectivity index (χ1) is 18.5. The van der Waals surface area contributed by atoms with Gasteiger partial charge in [0, 0.05) is 63.0 Å². The SMILES string of the molecule is COC(=O)N1c2ccc3c(nc(CCn4ccccc4=O)n3CCNCC(=O)N3CCCC3)c2CC[C@@H]1C. The highest BCUT2D eigenvalue weighted by molar-refractivity contribution is 5.95. The van der Waals surface area contributed by atoms with Crippen molar-refractivity contribution in [2.75, 3.05) is 38.2 Å². The monoisotopic (exact) mass is 520 g/mol. The number of fused-ring (bicyclic) bond motifs is 3. The highest BCUT2D eigenvalue weighted by Crippen LogP contribution is 2.36. The molecule has 2 aromatic heterocycles. The summed E-state index contributed by atoms with van der Waals surface area (Å²) in [7, 11) is 1.40. The third-order valence-electron chi connectivity index (χ3n) is 7.69. The average Bonchev–Trinajstić information content (AvgIpc) is 3.58. The fourth-order valence-electron chi connectivity index (χ4n) is 5.62. The lowest BCUT2D eigenvalue weighted by Gasteiger charge is -2.34. The second kappa shape index (κ2) is 11.4. The van der Waals surface area contributed by atoms with Gasteiger partial charge in [0.25, 0.3) is 5.56 Å². The number of benzene rings is 1. The van der Waals surface area contributed by atoms with Gasteiger partial charge in [0.2, 0.25) is 5.91 Å². The number of amides is 2. The average molecular weight is 521 g/mol. The predicted molar refractivity (Wildman–Crippen MR) is 145 cm³/mol. The first-order valence-electron chi connectivity index (χ1n) is 13.5. The molecular formula is C28H36N6O4. The van der Waals surface area contributed by atoms with E-state index in [1.807, 2.05) is 30.0 Å². The Bertz CT molecular complexity index is 1370. The van der Waals surface area contributed by atoms with Crippen LogP contribution >= 0.6 is 0 Å². The Morgan fingerprint density at radius 3 is 2.71 bits per heavy atom. The molecule has 202 valence electrons. The molecule has 0 bridgehead atoms. The van der Waals surface area contributed by atoms with Crippen molar-refractivity contribution in [2.45, 2.75) is 58.2 Å². The molecule has 5 rings (SSSR count). The van der Waals surface area contributed by atoms with E-state index in [1.165, 1.54) is 7.11 Å². The van der Waals surface area contributed by atoms with Crippen LogP contribution in [0.2, 0.25) is 0 Å². The third-order valence-corrected chi connectivity index (χ3v) is 7.69. The smallest absolute Gasteiger partial charge is 0.414 e. The maximum atomic E-state index is 12.6. The highest BCUT2D eigenvalue weighted by Gasteiger charge is 2.31. The Kier molecular flexibility index (Phi) is 7.78. The number of pyridine rings is 1. The van der Waals surface area contributed by atoms with Crippen molar-refractivity contribution in [3.05, 3.63) is 58.3 Å². The van der Waals surface area contributed by atoms with E-state index in [2.05, 4.69) is 9.88 Å². The maximum Gasteiger partial charge on any atom is 0.414 e. The molecular weight excluding hydrogens is 484 g/mol. The number of aryl methyl sites for hydroxylation is 3. The number of likely N-dealkylation sites (tertiary alicyclic amines) is 1. The Balaban J connectivity index is 1.42. The molecule has 4 heterocycles. The first-order valence-corrected chi connectivity index (χ1v) is 13.5. The summed E-state index contributed by atoms with van der Waals surface area (Å²) in [5.41, 5.74) is 3.71. The molecule has 0 saturated carbocycles. The lowest BCUT2D eigenvalue weighted by Crippen LogP contribution is -2.42. The molecule has 0 unspecified atom stereocenters. The highest BCUT2D eigenvalue weighted by atomic mass is 16.5. The van der Waals surface area contributed by atoms with Gasteiger partial charge in [0.05, 0.1) is 30.4 Å². The van der Waals surface area contributed by atoms with Crippen molar-refractivity contribution in [1.29, 1.82) is 0 Å². The number of methoxy groups -OCH3 is 1. The lowest BCUT2D eigenvalue weighted by molar-refractivity contribution is -0.129. The Morgan fingerprint density at radius 2 is 1.95 bits per heavy atom. The summed E-state index contributed by atoms with van der Waals surface area (Å²) in [5, 5.41) is 3.31. The molecule has 10 heteroatoms. The van der Waals surface area contributed by atoms with Crippen molar-refractivity contribution in [3.8, 4) is 0 Å². The molecule has 1 atom stereocenters. The van der Waals surface area contributed by atoms with E-state index >= 15 is 0 Å². The summed E-state index contributed by atoms with van der Waals surface area (Å²) in [5.74, 6) is 1.02. The standard InChI is InChI=1S/C28H36N6O4/c1-20-8-9-21-22(34(20)28(37)38-2)10-11-23-27(21)30-24(12-17-32-14-4-3-7-25(32)35)33(23)18-13-29-19-26(36)31-15-5-6-16-31/h3-4,7,10-11,14,20,29H,5-6,8-9,12-13,15-19H2,1-2H3/t20-/m0/s1. The van der Waals surface area contributed by atoms with Gasteiger partial charge >= 0.3 is 6.09 Å². The molecule has 1 aromatic carbocycles. The van der Waals surface area contributed by atoms with Crippen molar-refractivity contribution < 1.29 is 14.3 Å². The molecule has 1 saturated heterocycles. The molecule has 0 spiro atoms. The third kappa shape index (κ3) is 5.18. The number of imidazole rings is 1. The summed E-state index contributed by atoms with van der Waals surface area (Å²) in [6.45, 7) is 5.81. The molecule has 1 N–H and O–H groups in total. The molecule has 10 nitrogen and oxygen atoms in total. The molecule has 0 aliphatic carbocycles. The molecule has 2 aliphatic heterocycles. The number of carbonyl (C=O) groups is 2. The predicted octanol–water partition coefficient (Wildman–Crippen LogP) is 2.56. The quantitative estimate of drug-likeness (QED) is 0.458. The topological polar surface area (TPSA) is 102 Å². The van der Waals surface area contributed by atoms with Crippen LogP contribution in [0.15, 0.2) is 41.3 Å². The van der Waals surface area contributed by atoms with Gasteiger partial charge in [-0.3, -0.25) is 14.5 Å². The van der Waals surface area contributed by atoms with Crippen LogP contribution in [0.3, 0.4) is 0 Å². The van der Waals surface area contributed by atoms with E-state index in [1.54, 1.807) is 27.8 Å². The van der Waals surface area contributed by atoms with Crippen molar-refractivity contribution in [2.24, 2.45) is 0 Å². The van der Waals surface area contributed by atoms with Crippen LogP contribution in [0, 0.1) is 0 Å². The van der Waals surface area contributed by atoms with E-state index in [9.17, 15) is 14.4 Å². The second-order valence-electron chi connectivity index (χ2n) is 10.1. The zero-order valence-electron chi connectivity index (χ0n) is 22.2. The summed E-state index contributed by atoms with van der Waals surface area (Å²) in [6.07, 6.45) is 5.80. The Hall–Kier alpha value is -3.66. The molecule has 3 aromatic rings. The number of carbonyl (C=O) groups excluding carboxylic acids is 2. The van der Waals surface area contributed by atoms with E-state index in [-0.39, 0.29) is 23.6 Å². The minimum Gasteiger partial charge on any atom is -0.452 e. The van der Waals surface area contributed by atoms with Gasteiger partial charge in [-0.05, 0) is 50.8 Å². The first kappa shape index (κ1) is 26.0. The minimum atomic E-state index is -0.368. The summed E-state index contributed by atoms with van der Waals surface area (Å²) in [4.78, 5) is 46.0. The number of nitrogens with one attached hydrogen (secondary N) is 1. The van der Waals surface area contributed by atoms with Gasteiger partial charge < -0.3 is 24.1 Å². The van der Waals surface area contributed by atoms with E-state index in [0.29, 0.717) is 32.6 Å². The molecule has 0 radical (unpaired) electrons. The normalized spacial score (nSPS) is 17.2. The van der Waals surface area contributed by atoms with E-state index in [0.717, 1.165) is 66.9 Å². The summed E-state index contributed by atoms with van der Waals surface area (Å²) in [6, 6.07) is 9.19. The molecule has 38 heavy (non-hydrogen) atoms. The van der Waals surface area contributed by atoms with Crippen LogP contribution in [0.5, 0.6) is 0 Å². The zero-order valence-corrected chi connectivity index (χ0v) is 22.2. The Labute approximate surface area is 222 Å². The maximum absolute atomic E-state index is 12.6. The largest absolute Gasteiger partial charge is 0.452 e. The second-order valence-corrected chi connectivity index (χ2v) is 10.1. The number of anilines is 1. The molecule has 2 amide bonds. The van der Waals surface area contributed by atoms with Crippen molar-refractivity contribution in [3.63, 3.8) is 0 Å². The van der Waals surface area contributed by atoms with Crippen LogP contribution in [0.1, 0.15) is 37.6 Å². The van der Waals surface area contributed by atoms with Crippen LogP contribution in [0.25, 0.3) is 11.0 Å². The lowest BCUT2D eigenvalue weighted by atomic mass is 9.96. The fraction of sp³-hybridized carbons (Fsp3) is 0.500. The van der Waals surface area contributed by atoms with Crippen molar-refractivity contribution in [1.82, 2.24) is 24.3 Å². The zero-order chi connectivity index (χ0) is 26.6. The number of hydrogen-bond donors (Lipinski definition) is 1. The molecule has 2 aliphatic rings. The number of hydrogen-bond acceptors (Lipinski definition) is 6. The summed E-state index contributed by atoms with van der Waals surface area (Å²) >= 11 is 0. The summed E-state index contributed by atoms with van der Waals surface area (Å²) < 4.78 is 8.93. The van der Waals surface area contributed by atoms with Gasteiger partial charge in [-0.25, -0.2) is 9.78 Å². The fourth-order valence-corrected chi connectivity index (χ4v) is 5.62. The van der Waals surface area contributed by atoms with Gasteiger partial charge in [-0.2, -0.15) is 0 Å². The Morgan fingerprint density at radius 1 is 1.13 bits per heavy atom. The van der Waals surface area contributed by atoms with Gasteiger partial charge in [0.1, 0.15) is 5.82 Å². The van der Waals surface area contributed by atoms with Gasteiger partial charge in [-0.15, -0.1) is 0 Å². The minimum absolute atomic E-state index is 0.0382. The van der Waals surface area contributed by atoms with Crippen molar-refractivity contribution >= 4 is 28.7 Å². The number of nitrogens with zero attached hydrogens (tertiary/aromatic N) is 5. The van der Waals surface area contributed by atoms with E-state index in [4.69, 9.17) is 9.72 Å². The van der Waals surface area contributed by atoms with Crippen LogP contribution in [-0.4, -0.2) is 70.3 Å². The van der Waals surface area contributed by atoms with Gasteiger partial charge in [-0.1, -0.05) is 6.07 Å². The number of ether oxygens (including phenoxy) is 1. The number of rotatable bonds is 8. The van der Waals surface area contributed by atoms with Gasteiger partial charge in [0.15, 0.2) is 0 Å². The molecule has 1 fully saturated rings.